The Morgan fingerprint density at radius 3 is 2.51 bits per heavy atom. The van der Waals surface area contributed by atoms with E-state index in [4.69, 9.17) is 14.7 Å². The molecule has 4 heterocycles. The normalized spacial score (nSPS) is 20.2. The van der Waals surface area contributed by atoms with Gasteiger partial charge in [-0.15, -0.1) is 0 Å². The van der Waals surface area contributed by atoms with Gasteiger partial charge in [0.2, 0.25) is 11.9 Å². The molecule has 4 aromatic rings. The van der Waals surface area contributed by atoms with Gasteiger partial charge in [0, 0.05) is 45.0 Å². The zero-order valence-corrected chi connectivity index (χ0v) is 21.9. The topological polar surface area (TPSA) is 77.1 Å². The molecule has 9 nitrogen and oxygen atoms in total. The van der Waals surface area contributed by atoms with Crippen LogP contribution in [0.1, 0.15) is 43.0 Å². The van der Waals surface area contributed by atoms with Crippen molar-refractivity contribution in [2.24, 2.45) is 7.05 Å². The second-order valence-electron chi connectivity index (χ2n) is 10.4. The van der Waals surface area contributed by atoms with Crippen LogP contribution in [0.5, 0.6) is 0 Å². The predicted octanol–water partition coefficient (Wildman–Crippen LogP) is 4.75. The number of morpholine rings is 1. The van der Waals surface area contributed by atoms with Crippen molar-refractivity contribution in [3.8, 4) is 11.3 Å². The molecule has 0 bridgehead atoms. The monoisotopic (exact) mass is 544 g/mol. The van der Waals surface area contributed by atoms with E-state index in [0.29, 0.717) is 48.3 Å². The summed E-state index contributed by atoms with van der Waals surface area (Å²) in [4.78, 5) is 17.8. The van der Waals surface area contributed by atoms with Crippen molar-refractivity contribution in [3.63, 3.8) is 0 Å². The number of hydrogen-bond donors (Lipinski definition) is 0. The number of benzene rings is 1. The molecule has 2 aliphatic rings. The van der Waals surface area contributed by atoms with Gasteiger partial charge in [-0.25, -0.2) is 9.37 Å². The lowest BCUT2D eigenvalue weighted by Gasteiger charge is -2.36. The van der Waals surface area contributed by atoms with E-state index in [1.807, 2.05) is 43.0 Å². The first-order valence-corrected chi connectivity index (χ1v) is 12.7. The number of imidazole rings is 1. The van der Waals surface area contributed by atoms with Gasteiger partial charge in [-0.3, -0.25) is 4.68 Å². The van der Waals surface area contributed by atoms with Crippen LogP contribution in [0, 0.1) is 5.82 Å². The van der Waals surface area contributed by atoms with Crippen LogP contribution in [0.4, 0.5) is 29.5 Å². The summed E-state index contributed by atoms with van der Waals surface area (Å²) in [6.45, 7) is 2.85. The second kappa shape index (κ2) is 9.18. The number of rotatable bonds is 5. The standard InChI is InChI=1S/C26H28F4N8O/c1-14-11-37(13-20(39-14)15-10-31-38(12-15)17-6-7-17)24-32-21(18-8-5-16(9-19(18)27)26(28,29)30)22-23(33-24)34-25(35(2)3)36(22)4/h5,8-10,12,14,17,20H,6-7,11,13H2,1-4H3/t14-,20+/m0/s1. The minimum atomic E-state index is -4.66. The van der Waals surface area contributed by atoms with Gasteiger partial charge in [0.1, 0.15) is 23.1 Å². The molecular formula is C26H28F4N8O. The predicted molar refractivity (Wildman–Crippen MR) is 137 cm³/mol. The number of nitrogens with zero attached hydrogens (tertiary/aromatic N) is 8. The minimum absolute atomic E-state index is 0.0616. The number of alkyl halides is 3. The summed E-state index contributed by atoms with van der Waals surface area (Å²) >= 11 is 0. The number of hydrogen-bond acceptors (Lipinski definition) is 7. The molecule has 1 saturated carbocycles. The molecule has 1 saturated heterocycles. The Balaban J connectivity index is 1.44. The lowest BCUT2D eigenvalue weighted by atomic mass is 10.1. The fourth-order valence-corrected chi connectivity index (χ4v) is 5.06. The van der Waals surface area contributed by atoms with E-state index in [9.17, 15) is 13.2 Å². The van der Waals surface area contributed by atoms with E-state index in [1.165, 1.54) is 0 Å². The van der Waals surface area contributed by atoms with E-state index >= 15 is 4.39 Å². The smallest absolute Gasteiger partial charge is 0.367 e. The van der Waals surface area contributed by atoms with E-state index in [1.54, 1.807) is 16.5 Å². The Bertz CT molecular complexity index is 1540. The van der Waals surface area contributed by atoms with Crippen LogP contribution >= 0.6 is 0 Å². The van der Waals surface area contributed by atoms with Crippen molar-refractivity contribution in [3.05, 3.63) is 47.5 Å². The zero-order chi connectivity index (χ0) is 27.6. The van der Waals surface area contributed by atoms with Crippen molar-refractivity contribution in [2.45, 2.75) is 44.2 Å². The van der Waals surface area contributed by atoms with Gasteiger partial charge >= 0.3 is 6.18 Å². The minimum Gasteiger partial charge on any atom is -0.367 e. The Morgan fingerprint density at radius 2 is 1.85 bits per heavy atom. The fourth-order valence-electron chi connectivity index (χ4n) is 5.06. The third-order valence-electron chi connectivity index (χ3n) is 7.10. The molecule has 2 fully saturated rings. The Hall–Kier alpha value is -3.74. The highest BCUT2D eigenvalue weighted by molar-refractivity contribution is 5.90. The molecule has 3 aromatic heterocycles. The van der Waals surface area contributed by atoms with Crippen LogP contribution in [0.15, 0.2) is 30.6 Å². The van der Waals surface area contributed by atoms with Gasteiger partial charge in [-0.05, 0) is 38.0 Å². The van der Waals surface area contributed by atoms with E-state index < -0.39 is 17.6 Å². The average Bonchev–Trinajstić information content (AvgIpc) is 3.50. The van der Waals surface area contributed by atoms with E-state index in [-0.39, 0.29) is 23.5 Å². The summed E-state index contributed by atoms with van der Waals surface area (Å²) < 4.78 is 64.9. The largest absolute Gasteiger partial charge is 0.416 e. The average molecular weight is 545 g/mol. The maximum Gasteiger partial charge on any atom is 0.416 e. The first-order valence-electron chi connectivity index (χ1n) is 12.7. The molecule has 206 valence electrons. The zero-order valence-electron chi connectivity index (χ0n) is 21.9. The van der Waals surface area contributed by atoms with Gasteiger partial charge < -0.3 is 19.1 Å². The summed E-state index contributed by atoms with van der Waals surface area (Å²) in [5.74, 6) is -0.176. The molecule has 0 amide bonds. The summed E-state index contributed by atoms with van der Waals surface area (Å²) in [5, 5.41) is 4.48. The molecular weight excluding hydrogens is 516 g/mol. The van der Waals surface area contributed by atoms with Crippen LogP contribution < -0.4 is 9.80 Å². The number of aromatic nitrogens is 6. The lowest BCUT2D eigenvalue weighted by molar-refractivity contribution is -0.137. The van der Waals surface area contributed by atoms with Crippen molar-refractivity contribution >= 4 is 23.1 Å². The van der Waals surface area contributed by atoms with Crippen LogP contribution in [-0.2, 0) is 18.0 Å². The number of ether oxygens (including phenoxy) is 1. The number of aryl methyl sites for hydroxylation is 1. The molecule has 13 heteroatoms. The maximum absolute atomic E-state index is 15.2. The van der Waals surface area contributed by atoms with Crippen LogP contribution in [0.2, 0.25) is 0 Å². The van der Waals surface area contributed by atoms with E-state index in [2.05, 4.69) is 10.1 Å². The molecule has 39 heavy (non-hydrogen) atoms. The fraction of sp³-hybridized carbons (Fsp3) is 0.462. The van der Waals surface area contributed by atoms with Gasteiger partial charge in [-0.2, -0.15) is 28.2 Å². The number of anilines is 2. The third-order valence-corrected chi connectivity index (χ3v) is 7.10. The molecule has 6 rings (SSSR count). The lowest BCUT2D eigenvalue weighted by Crippen LogP contribution is -2.43. The Kier molecular flexibility index (Phi) is 6.01. The maximum atomic E-state index is 15.2. The summed E-state index contributed by atoms with van der Waals surface area (Å²) in [5.41, 5.74) is 0.726. The van der Waals surface area contributed by atoms with Gasteiger partial charge in [0.05, 0.1) is 30.5 Å². The molecule has 0 radical (unpaired) electrons. The second-order valence-corrected chi connectivity index (χ2v) is 10.4. The Morgan fingerprint density at radius 1 is 1.08 bits per heavy atom. The van der Waals surface area contributed by atoms with Crippen molar-refractivity contribution < 1.29 is 22.3 Å². The first-order chi connectivity index (χ1) is 18.5. The molecule has 1 aliphatic carbocycles. The highest BCUT2D eigenvalue weighted by Gasteiger charge is 2.34. The number of fused-ring (bicyclic) bond motifs is 1. The van der Waals surface area contributed by atoms with Crippen molar-refractivity contribution in [1.29, 1.82) is 0 Å². The Labute approximate surface area is 222 Å². The van der Waals surface area contributed by atoms with Crippen LogP contribution in [0.3, 0.4) is 0 Å². The highest BCUT2D eigenvalue weighted by Crippen LogP contribution is 2.38. The third kappa shape index (κ3) is 4.68. The summed E-state index contributed by atoms with van der Waals surface area (Å²) in [6, 6.07) is 2.91. The molecule has 0 unspecified atom stereocenters. The highest BCUT2D eigenvalue weighted by atomic mass is 19.4. The molecule has 0 spiro atoms. The summed E-state index contributed by atoms with van der Waals surface area (Å²) in [6.07, 6.45) is 0.939. The van der Waals surface area contributed by atoms with Gasteiger partial charge in [-0.1, -0.05) is 0 Å². The SMILES string of the molecule is C[C@H]1CN(c2nc(-c3ccc(C(F)(F)F)cc3F)c3c(n2)nc(N(C)C)n3C)C[C@H](c2cnn(C3CC3)c2)O1. The van der Waals surface area contributed by atoms with Crippen molar-refractivity contribution in [2.75, 3.05) is 37.0 Å². The first kappa shape index (κ1) is 25.5. The molecule has 0 N–H and O–H groups in total. The molecule has 1 aliphatic heterocycles. The van der Waals surface area contributed by atoms with Gasteiger partial charge in [0.15, 0.2) is 5.65 Å². The van der Waals surface area contributed by atoms with Crippen molar-refractivity contribution in [1.82, 2.24) is 29.3 Å². The molecule has 2 atom stereocenters. The molecule has 1 aromatic carbocycles. The summed E-state index contributed by atoms with van der Waals surface area (Å²) in [7, 11) is 5.36. The quantitative estimate of drug-likeness (QED) is 0.336. The number of halogens is 4. The van der Waals surface area contributed by atoms with Crippen LogP contribution in [0.25, 0.3) is 22.4 Å². The van der Waals surface area contributed by atoms with Gasteiger partial charge in [0.25, 0.3) is 0 Å². The van der Waals surface area contributed by atoms with E-state index in [0.717, 1.165) is 30.5 Å². The van der Waals surface area contributed by atoms with Crippen LogP contribution in [-0.4, -0.2) is 62.6 Å².